The number of carbonyl (C=O) groups excluding carboxylic acids is 4. The van der Waals surface area contributed by atoms with Crippen molar-refractivity contribution in [2.24, 2.45) is 0 Å². The number of esters is 2. The van der Waals surface area contributed by atoms with Crippen molar-refractivity contribution < 1.29 is 87.5 Å². The zero-order valence-corrected chi connectivity index (χ0v) is 30.3. The number of rotatable bonds is 29. The van der Waals surface area contributed by atoms with Gasteiger partial charge in [0.15, 0.2) is 27.2 Å². The van der Waals surface area contributed by atoms with Crippen LogP contribution in [0.15, 0.2) is 0 Å². The first-order valence-corrected chi connectivity index (χ1v) is 17.4. The van der Waals surface area contributed by atoms with Gasteiger partial charge >= 0.3 is 17.9 Å². The molecule has 4 atom stereocenters. The van der Waals surface area contributed by atoms with E-state index in [1.165, 1.54) is 6.92 Å². The molecule has 4 unspecified atom stereocenters. The first kappa shape index (κ1) is 47.6. The Kier molecular flexibility index (Phi) is 28.3. The van der Waals surface area contributed by atoms with E-state index >= 15 is 0 Å². The Labute approximate surface area is 303 Å². The molecular weight excluding hydrogens is 700 g/mol. The van der Waals surface area contributed by atoms with Crippen molar-refractivity contribution >= 4 is 23.7 Å². The highest BCUT2D eigenvalue weighted by atomic mass is 17.3. The highest BCUT2D eigenvalue weighted by Crippen LogP contribution is 2.22. The monoisotopic (exact) mass is 758 g/mol. The molecule has 0 amide bonds. The van der Waals surface area contributed by atoms with Gasteiger partial charge in [0.2, 0.25) is 0 Å². The summed E-state index contributed by atoms with van der Waals surface area (Å²) in [6.45, 7) is 3.09. The van der Waals surface area contributed by atoms with Crippen LogP contribution in [0.3, 0.4) is 0 Å². The Bertz CT molecular complexity index is 942. The van der Waals surface area contributed by atoms with E-state index in [9.17, 15) is 39.6 Å². The van der Waals surface area contributed by atoms with Crippen molar-refractivity contribution in [1.29, 1.82) is 0 Å². The highest BCUT2D eigenvalue weighted by molar-refractivity contribution is 5.76. The van der Waals surface area contributed by atoms with Gasteiger partial charge in [0.25, 0.3) is 0 Å². The fourth-order valence-corrected chi connectivity index (χ4v) is 4.32. The Morgan fingerprint density at radius 1 is 0.538 bits per heavy atom. The molecule has 2 rings (SSSR count). The van der Waals surface area contributed by atoms with Gasteiger partial charge in [-0.3, -0.25) is 14.4 Å². The average Bonchev–Trinajstić information content (AvgIpc) is 3.60. The molecule has 0 saturated carbocycles. The SMILES string of the molecule is COCCCCOCOCOC(=O)CCCC(C)=O.O=C(CCCC(=O)ON1C(O)CCC1O)OCOCOCCCCOON1C(O)CCC1O. The molecule has 304 valence electrons. The molecule has 0 aromatic heterocycles. The van der Waals surface area contributed by atoms with E-state index in [0.717, 1.165) is 29.6 Å². The minimum absolute atomic E-state index is 0.0159. The topological polar surface area (TPSA) is 248 Å². The van der Waals surface area contributed by atoms with Crippen molar-refractivity contribution in [2.75, 3.05) is 60.7 Å². The summed E-state index contributed by atoms with van der Waals surface area (Å²) in [6, 6.07) is 0. The second-order valence-electron chi connectivity index (χ2n) is 11.7. The summed E-state index contributed by atoms with van der Waals surface area (Å²) >= 11 is 0. The number of hydrogen-bond acceptors (Lipinski definition) is 20. The summed E-state index contributed by atoms with van der Waals surface area (Å²) in [4.78, 5) is 59.8. The van der Waals surface area contributed by atoms with E-state index in [2.05, 4.69) is 0 Å². The molecule has 2 heterocycles. The second kappa shape index (κ2) is 31.0. The number of ether oxygens (including phenoxy) is 7. The summed E-state index contributed by atoms with van der Waals surface area (Å²) in [7, 11) is 1.66. The molecule has 4 N–H and O–H groups in total. The Morgan fingerprint density at radius 2 is 0.981 bits per heavy atom. The van der Waals surface area contributed by atoms with Crippen LogP contribution in [0, 0.1) is 0 Å². The van der Waals surface area contributed by atoms with Crippen LogP contribution in [-0.4, -0.2) is 140 Å². The van der Waals surface area contributed by atoms with Gasteiger partial charge in [0.05, 0.1) is 6.61 Å². The average molecular weight is 759 g/mol. The maximum Gasteiger partial charge on any atom is 0.325 e. The molecule has 0 spiro atoms. The molecule has 20 nitrogen and oxygen atoms in total. The quantitative estimate of drug-likeness (QED) is 0.0272. The molecule has 0 aliphatic carbocycles. The Morgan fingerprint density at radius 3 is 1.48 bits per heavy atom. The van der Waals surface area contributed by atoms with Crippen LogP contribution >= 0.6 is 0 Å². The predicted molar refractivity (Wildman–Crippen MR) is 174 cm³/mol. The van der Waals surface area contributed by atoms with E-state index in [1.807, 2.05) is 0 Å². The number of carbonyl (C=O) groups is 4. The molecule has 2 aliphatic heterocycles. The molecule has 0 bridgehead atoms. The lowest BCUT2D eigenvalue weighted by Crippen LogP contribution is -2.37. The summed E-state index contributed by atoms with van der Waals surface area (Å²) in [5.41, 5.74) is 0. The third kappa shape index (κ3) is 24.7. The highest BCUT2D eigenvalue weighted by Gasteiger charge is 2.34. The summed E-state index contributed by atoms with van der Waals surface area (Å²) < 4.78 is 34.9. The second-order valence-corrected chi connectivity index (χ2v) is 11.7. The summed E-state index contributed by atoms with van der Waals surface area (Å²) in [5.74, 6) is -1.49. The number of Topliss-reactive ketones (excluding diaryl/α,β-unsaturated/α-hetero) is 1. The Balaban J connectivity index is 0.000000607. The molecule has 52 heavy (non-hydrogen) atoms. The van der Waals surface area contributed by atoms with Crippen LogP contribution < -0.4 is 0 Å². The minimum atomic E-state index is -1.03. The number of hydrogen-bond donors (Lipinski definition) is 4. The smallest absolute Gasteiger partial charge is 0.325 e. The van der Waals surface area contributed by atoms with E-state index in [4.69, 9.17) is 47.9 Å². The number of aliphatic hydroxyl groups is 4. The van der Waals surface area contributed by atoms with Crippen molar-refractivity contribution in [1.82, 2.24) is 10.1 Å². The molecule has 20 heteroatoms. The normalized spacial score (nSPS) is 20.3. The van der Waals surface area contributed by atoms with Gasteiger partial charge in [0, 0.05) is 52.6 Å². The van der Waals surface area contributed by atoms with Crippen molar-refractivity contribution in [3.05, 3.63) is 0 Å². The first-order valence-electron chi connectivity index (χ1n) is 17.4. The number of ketones is 1. The molecule has 2 aliphatic rings. The van der Waals surface area contributed by atoms with Gasteiger partial charge < -0.3 is 63.2 Å². The number of unbranched alkanes of at least 4 members (excludes halogenated alkanes) is 2. The first-order chi connectivity index (χ1) is 25.0. The molecule has 0 aromatic rings. The minimum Gasteiger partial charge on any atom is -0.438 e. The standard InChI is InChI=1S/C19H34N2O12.C13H24O6/c22-14-6-7-15(23)20(14)32-19(27)5-3-4-18(26)30-13-29-12-28-10-1-2-11-31-33-21-16(24)8-9-17(21)25;1-12(14)6-5-7-13(15)19-11-18-10-17-9-4-3-8-16-2/h14-17,22-25H,1-13H2;3-11H2,1-2H3. The number of aliphatic hydroxyl groups excluding tert-OH is 4. The van der Waals surface area contributed by atoms with Crippen molar-refractivity contribution in [2.45, 2.75) is 122 Å². The van der Waals surface area contributed by atoms with Crippen LogP contribution in [0.25, 0.3) is 0 Å². The zero-order valence-electron chi connectivity index (χ0n) is 30.3. The van der Waals surface area contributed by atoms with E-state index < -0.39 is 36.9 Å². The number of nitrogens with zero attached hydrogens (tertiary/aromatic N) is 2. The van der Waals surface area contributed by atoms with Crippen LogP contribution in [0.4, 0.5) is 0 Å². The lowest BCUT2D eigenvalue weighted by molar-refractivity contribution is -0.468. The zero-order chi connectivity index (χ0) is 38.4. The van der Waals surface area contributed by atoms with Gasteiger partial charge in [-0.2, -0.15) is 0 Å². The van der Waals surface area contributed by atoms with E-state index in [1.54, 1.807) is 7.11 Å². The molecule has 0 aromatic carbocycles. The maximum absolute atomic E-state index is 11.7. The molecular formula is C32H58N2O18. The fraction of sp³-hybridized carbons (Fsp3) is 0.875. The van der Waals surface area contributed by atoms with Gasteiger partial charge in [-0.15, -0.1) is 4.99 Å². The lowest BCUT2D eigenvalue weighted by atomic mass is 10.2. The van der Waals surface area contributed by atoms with Crippen LogP contribution in [0.2, 0.25) is 0 Å². The van der Waals surface area contributed by atoms with Crippen LogP contribution in [-0.2, 0) is 67.0 Å². The van der Waals surface area contributed by atoms with Gasteiger partial charge in [-0.25, -0.2) is 4.89 Å². The molecule has 2 saturated heterocycles. The van der Waals surface area contributed by atoms with E-state index in [-0.39, 0.29) is 71.2 Å². The number of hydroxylamine groups is 4. The maximum atomic E-state index is 11.7. The van der Waals surface area contributed by atoms with Crippen molar-refractivity contribution in [3.8, 4) is 0 Å². The number of methoxy groups -OCH3 is 1. The third-order valence-corrected chi connectivity index (χ3v) is 7.15. The Hall–Kier alpha value is -2.44. The largest absolute Gasteiger partial charge is 0.438 e. The molecule has 0 radical (unpaired) electrons. The van der Waals surface area contributed by atoms with Gasteiger partial charge in [-0.1, -0.05) is 10.1 Å². The van der Waals surface area contributed by atoms with Crippen molar-refractivity contribution in [3.63, 3.8) is 0 Å². The molecule has 2 fully saturated rings. The van der Waals surface area contributed by atoms with Crippen LogP contribution in [0.1, 0.15) is 96.8 Å². The lowest BCUT2D eigenvalue weighted by Gasteiger charge is -2.21. The fourth-order valence-electron chi connectivity index (χ4n) is 4.32. The summed E-state index contributed by atoms with van der Waals surface area (Å²) in [6.07, 6.45) is 2.02. The van der Waals surface area contributed by atoms with Gasteiger partial charge in [-0.05, 0) is 71.1 Å². The van der Waals surface area contributed by atoms with Gasteiger partial charge in [0.1, 0.15) is 30.7 Å². The van der Waals surface area contributed by atoms with E-state index in [0.29, 0.717) is 64.6 Å². The summed E-state index contributed by atoms with van der Waals surface area (Å²) in [5, 5.41) is 40.0. The third-order valence-electron chi connectivity index (χ3n) is 7.15. The van der Waals surface area contributed by atoms with Crippen LogP contribution in [0.5, 0.6) is 0 Å². The predicted octanol–water partition coefficient (Wildman–Crippen LogP) is 0.879.